The standard InChI is InChI=1S/C23H14F5N5/c1-12(15-16(24)18(26)20(28)19(27)17(15)25)30-32-23-29-21(13-8-4-2-5-9-13)22(31-33-23)14-10-6-3-7-11-14/h2-11H,1H3,(H,29,32,33). The Morgan fingerprint density at radius 1 is 0.667 bits per heavy atom. The fourth-order valence-corrected chi connectivity index (χ4v) is 3.07. The molecule has 0 spiro atoms. The maximum absolute atomic E-state index is 14.0. The molecule has 0 saturated carbocycles. The first-order valence-corrected chi connectivity index (χ1v) is 9.56. The lowest BCUT2D eigenvalue weighted by Gasteiger charge is -2.10. The largest absolute Gasteiger partial charge is 0.263 e. The highest BCUT2D eigenvalue weighted by Gasteiger charge is 2.27. The van der Waals surface area contributed by atoms with Crippen molar-refractivity contribution in [3.63, 3.8) is 0 Å². The van der Waals surface area contributed by atoms with Crippen molar-refractivity contribution in [3.8, 4) is 22.5 Å². The van der Waals surface area contributed by atoms with E-state index in [-0.39, 0.29) is 5.95 Å². The van der Waals surface area contributed by atoms with Crippen molar-refractivity contribution in [1.82, 2.24) is 15.2 Å². The van der Waals surface area contributed by atoms with Crippen LogP contribution in [0.25, 0.3) is 22.5 Å². The molecule has 1 aromatic heterocycles. The average Bonchev–Trinajstić information content (AvgIpc) is 2.86. The molecular formula is C23H14F5N5. The number of rotatable bonds is 5. The van der Waals surface area contributed by atoms with E-state index >= 15 is 0 Å². The first-order valence-electron chi connectivity index (χ1n) is 9.56. The van der Waals surface area contributed by atoms with Gasteiger partial charge in [0.2, 0.25) is 5.82 Å². The molecule has 0 atom stereocenters. The van der Waals surface area contributed by atoms with Crippen molar-refractivity contribution >= 4 is 11.7 Å². The van der Waals surface area contributed by atoms with Gasteiger partial charge in [0.25, 0.3) is 5.95 Å². The molecule has 0 aliphatic heterocycles. The molecule has 5 nitrogen and oxygen atoms in total. The van der Waals surface area contributed by atoms with Crippen LogP contribution in [0, 0.1) is 29.1 Å². The van der Waals surface area contributed by atoms with E-state index in [1.54, 1.807) is 0 Å². The van der Waals surface area contributed by atoms with Crippen molar-refractivity contribution in [1.29, 1.82) is 0 Å². The van der Waals surface area contributed by atoms with Crippen LogP contribution >= 0.6 is 0 Å². The number of nitrogens with one attached hydrogen (secondary N) is 1. The fraction of sp³-hybridized carbons (Fsp3) is 0.0435. The molecule has 0 fully saturated rings. The summed E-state index contributed by atoms with van der Waals surface area (Å²) in [5.41, 5.74) is 3.11. The number of hydrazone groups is 1. The Bertz CT molecular complexity index is 1320. The summed E-state index contributed by atoms with van der Waals surface area (Å²) in [4.78, 5) is 4.39. The van der Waals surface area contributed by atoms with E-state index in [4.69, 9.17) is 0 Å². The molecule has 3 aromatic carbocycles. The van der Waals surface area contributed by atoms with Gasteiger partial charge in [-0.05, 0) is 6.92 Å². The summed E-state index contributed by atoms with van der Waals surface area (Å²) in [5.74, 6) is -10.5. The molecule has 0 amide bonds. The van der Waals surface area contributed by atoms with Gasteiger partial charge in [-0.2, -0.15) is 5.10 Å². The quantitative estimate of drug-likeness (QED) is 0.137. The molecular weight excluding hydrogens is 441 g/mol. The zero-order valence-electron chi connectivity index (χ0n) is 17.0. The Morgan fingerprint density at radius 3 is 1.70 bits per heavy atom. The Labute approximate surface area is 184 Å². The normalized spacial score (nSPS) is 11.5. The first kappa shape index (κ1) is 22.0. The molecule has 0 bridgehead atoms. The Kier molecular flexibility index (Phi) is 6.07. The summed E-state index contributed by atoms with van der Waals surface area (Å²) in [6.45, 7) is 1.08. The predicted molar refractivity (Wildman–Crippen MR) is 113 cm³/mol. The second-order valence-electron chi connectivity index (χ2n) is 6.82. The zero-order chi connectivity index (χ0) is 23.5. The first-order chi connectivity index (χ1) is 15.9. The maximum atomic E-state index is 14.0. The highest BCUT2D eigenvalue weighted by molar-refractivity contribution is 5.99. The van der Waals surface area contributed by atoms with Crippen LogP contribution in [0.4, 0.5) is 27.9 Å². The van der Waals surface area contributed by atoms with Crippen molar-refractivity contribution in [2.24, 2.45) is 5.10 Å². The molecule has 4 aromatic rings. The molecule has 0 aliphatic carbocycles. The van der Waals surface area contributed by atoms with Gasteiger partial charge in [-0.1, -0.05) is 60.7 Å². The fourth-order valence-electron chi connectivity index (χ4n) is 3.07. The van der Waals surface area contributed by atoms with Gasteiger partial charge in [0.15, 0.2) is 23.3 Å². The molecule has 0 saturated heterocycles. The minimum atomic E-state index is -2.24. The van der Waals surface area contributed by atoms with Crippen LogP contribution in [0.5, 0.6) is 0 Å². The zero-order valence-corrected chi connectivity index (χ0v) is 17.0. The van der Waals surface area contributed by atoms with E-state index < -0.39 is 40.4 Å². The third-order valence-corrected chi connectivity index (χ3v) is 4.68. The van der Waals surface area contributed by atoms with Gasteiger partial charge in [-0.25, -0.2) is 32.4 Å². The van der Waals surface area contributed by atoms with Gasteiger partial charge in [0.05, 0.1) is 11.3 Å². The van der Waals surface area contributed by atoms with Crippen LogP contribution in [-0.4, -0.2) is 20.9 Å². The van der Waals surface area contributed by atoms with Crippen LogP contribution in [0.15, 0.2) is 65.8 Å². The monoisotopic (exact) mass is 455 g/mol. The summed E-state index contributed by atoms with van der Waals surface area (Å²) in [7, 11) is 0. The molecule has 1 N–H and O–H groups in total. The van der Waals surface area contributed by atoms with E-state index in [9.17, 15) is 22.0 Å². The van der Waals surface area contributed by atoms with Crippen LogP contribution in [0.3, 0.4) is 0 Å². The van der Waals surface area contributed by atoms with Crippen molar-refractivity contribution in [2.45, 2.75) is 6.92 Å². The summed E-state index contributed by atoms with van der Waals surface area (Å²) < 4.78 is 68.4. The molecule has 0 aliphatic rings. The van der Waals surface area contributed by atoms with Crippen molar-refractivity contribution in [2.75, 3.05) is 5.43 Å². The molecule has 0 unspecified atom stereocenters. The molecule has 166 valence electrons. The number of nitrogens with zero attached hydrogens (tertiary/aromatic N) is 4. The Balaban J connectivity index is 1.74. The topological polar surface area (TPSA) is 63.1 Å². The third-order valence-electron chi connectivity index (χ3n) is 4.68. The SMILES string of the molecule is CC(=NNc1nnc(-c2ccccc2)c(-c2ccccc2)n1)c1c(F)c(F)c(F)c(F)c1F. The molecule has 10 heteroatoms. The lowest BCUT2D eigenvalue weighted by molar-refractivity contribution is 0.377. The summed E-state index contributed by atoms with van der Waals surface area (Å²) >= 11 is 0. The second-order valence-corrected chi connectivity index (χ2v) is 6.82. The van der Waals surface area contributed by atoms with Crippen LogP contribution in [0.1, 0.15) is 12.5 Å². The molecule has 4 rings (SSSR count). The van der Waals surface area contributed by atoms with Crippen LogP contribution < -0.4 is 5.43 Å². The maximum Gasteiger partial charge on any atom is 0.263 e. The summed E-state index contributed by atoms with van der Waals surface area (Å²) in [6.07, 6.45) is 0. The lowest BCUT2D eigenvalue weighted by Crippen LogP contribution is -2.13. The van der Waals surface area contributed by atoms with Crippen LogP contribution in [-0.2, 0) is 0 Å². The molecule has 33 heavy (non-hydrogen) atoms. The highest BCUT2D eigenvalue weighted by atomic mass is 19.2. The highest BCUT2D eigenvalue weighted by Crippen LogP contribution is 2.29. The third kappa shape index (κ3) is 4.27. The molecule has 0 radical (unpaired) electrons. The lowest BCUT2D eigenvalue weighted by atomic mass is 10.0. The number of hydrogen-bond donors (Lipinski definition) is 1. The Hall–Kier alpha value is -4.21. The smallest absolute Gasteiger partial charge is 0.244 e. The second kappa shape index (κ2) is 9.11. The summed E-state index contributed by atoms with van der Waals surface area (Å²) in [5, 5.41) is 11.8. The summed E-state index contributed by atoms with van der Waals surface area (Å²) in [6, 6.07) is 18.2. The number of anilines is 1. The average molecular weight is 455 g/mol. The van der Waals surface area contributed by atoms with Gasteiger partial charge >= 0.3 is 0 Å². The number of aromatic nitrogens is 3. The van der Waals surface area contributed by atoms with E-state index in [1.165, 1.54) is 0 Å². The number of benzene rings is 3. The van der Waals surface area contributed by atoms with Gasteiger partial charge in [-0.3, -0.25) is 0 Å². The van der Waals surface area contributed by atoms with Crippen molar-refractivity contribution in [3.05, 3.63) is 95.3 Å². The number of hydrogen-bond acceptors (Lipinski definition) is 5. The van der Waals surface area contributed by atoms with Gasteiger partial charge in [-0.15, -0.1) is 10.2 Å². The number of halogens is 5. The van der Waals surface area contributed by atoms with E-state index in [2.05, 4.69) is 25.7 Å². The van der Waals surface area contributed by atoms with Crippen molar-refractivity contribution < 1.29 is 22.0 Å². The van der Waals surface area contributed by atoms with E-state index in [1.807, 2.05) is 60.7 Å². The van der Waals surface area contributed by atoms with Gasteiger partial charge < -0.3 is 0 Å². The van der Waals surface area contributed by atoms with E-state index in [0.29, 0.717) is 11.4 Å². The van der Waals surface area contributed by atoms with Gasteiger partial charge in [0, 0.05) is 11.1 Å². The van der Waals surface area contributed by atoms with Crippen LogP contribution in [0.2, 0.25) is 0 Å². The Morgan fingerprint density at radius 2 is 1.15 bits per heavy atom. The van der Waals surface area contributed by atoms with E-state index in [0.717, 1.165) is 18.1 Å². The molecule has 1 heterocycles. The van der Waals surface area contributed by atoms with Gasteiger partial charge in [0.1, 0.15) is 11.4 Å². The predicted octanol–water partition coefficient (Wildman–Crippen LogP) is 5.74. The minimum Gasteiger partial charge on any atom is -0.244 e. The minimum absolute atomic E-state index is 0.142.